The minimum Gasteiger partial charge on any atom is -0.380 e. The standard InChI is InChI=1S/C7H15NO/c1-4-5-8-6-7(2)9-3/h4,7-8H,1,5-6H2,2-3H3. The summed E-state index contributed by atoms with van der Waals surface area (Å²) in [5.74, 6) is 0. The van der Waals surface area contributed by atoms with Gasteiger partial charge in [-0.15, -0.1) is 6.58 Å². The van der Waals surface area contributed by atoms with Crippen molar-refractivity contribution in [1.29, 1.82) is 0 Å². The van der Waals surface area contributed by atoms with Crippen molar-refractivity contribution < 1.29 is 4.74 Å². The lowest BCUT2D eigenvalue weighted by atomic mass is 10.4. The van der Waals surface area contributed by atoms with Crippen molar-refractivity contribution in [2.45, 2.75) is 13.0 Å². The Balaban J connectivity index is 2.96. The van der Waals surface area contributed by atoms with Crippen molar-refractivity contribution in [3.63, 3.8) is 0 Å². The first-order valence-corrected chi connectivity index (χ1v) is 3.15. The van der Waals surface area contributed by atoms with Gasteiger partial charge in [0.15, 0.2) is 0 Å². The number of rotatable bonds is 5. The van der Waals surface area contributed by atoms with Crippen LogP contribution in [0.15, 0.2) is 12.7 Å². The zero-order chi connectivity index (χ0) is 7.11. The van der Waals surface area contributed by atoms with Crippen molar-refractivity contribution >= 4 is 0 Å². The predicted octanol–water partition coefficient (Wildman–Crippen LogP) is 0.797. The van der Waals surface area contributed by atoms with Gasteiger partial charge < -0.3 is 10.1 Å². The zero-order valence-corrected chi connectivity index (χ0v) is 6.18. The van der Waals surface area contributed by atoms with E-state index in [1.165, 1.54) is 0 Å². The second kappa shape index (κ2) is 5.79. The average Bonchev–Trinajstić information content (AvgIpc) is 1.89. The van der Waals surface area contributed by atoms with Gasteiger partial charge in [-0.25, -0.2) is 0 Å². The summed E-state index contributed by atoms with van der Waals surface area (Å²) in [6.07, 6.45) is 2.13. The highest BCUT2D eigenvalue weighted by molar-refractivity contribution is 4.70. The molecule has 0 fully saturated rings. The highest BCUT2D eigenvalue weighted by Crippen LogP contribution is 1.82. The summed E-state index contributed by atoms with van der Waals surface area (Å²) >= 11 is 0. The monoisotopic (exact) mass is 129 g/mol. The van der Waals surface area contributed by atoms with Gasteiger partial charge >= 0.3 is 0 Å². The molecule has 0 spiro atoms. The molecule has 0 amide bonds. The van der Waals surface area contributed by atoms with E-state index < -0.39 is 0 Å². The summed E-state index contributed by atoms with van der Waals surface area (Å²) in [6, 6.07) is 0. The van der Waals surface area contributed by atoms with E-state index in [0.29, 0.717) is 6.10 Å². The van der Waals surface area contributed by atoms with Gasteiger partial charge in [0.05, 0.1) is 6.10 Å². The second-order valence-corrected chi connectivity index (χ2v) is 1.99. The summed E-state index contributed by atoms with van der Waals surface area (Å²) in [6.45, 7) is 7.35. The fourth-order valence-electron chi connectivity index (χ4n) is 0.472. The fraction of sp³-hybridized carbons (Fsp3) is 0.714. The Hall–Kier alpha value is -0.340. The number of methoxy groups -OCH3 is 1. The van der Waals surface area contributed by atoms with E-state index in [1.807, 2.05) is 13.0 Å². The minimum absolute atomic E-state index is 0.296. The Morgan fingerprint density at radius 2 is 2.44 bits per heavy atom. The Morgan fingerprint density at radius 3 is 2.89 bits per heavy atom. The molecule has 0 radical (unpaired) electrons. The van der Waals surface area contributed by atoms with Crippen LogP contribution in [-0.2, 0) is 4.74 Å². The highest BCUT2D eigenvalue weighted by atomic mass is 16.5. The van der Waals surface area contributed by atoms with Crippen LogP contribution in [0.3, 0.4) is 0 Å². The molecule has 0 heterocycles. The Morgan fingerprint density at radius 1 is 1.78 bits per heavy atom. The van der Waals surface area contributed by atoms with Crippen LogP contribution in [0.2, 0.25) is 0 Å². The maximum absolute atomic E-state index is 5.00. The molecule has 0 rings (SSSR count). The van der Waals surface area contributed by atoms with Crippen LogP contribution < -0.4 is 5.32 Å². The molecule has 0 saturated carbocycles. The lowest BCUT2D eigenvalue weighted by molar-refractivity contribution is 0.118. The summed E-state index contributed by atoms with van der Waals surface area (Å²) < 4.78 is 5.00. The first-order valence-electron chi connectivity index (χ1n) is 3.15. The summed E-state index contributed by atoms with van der Waals surface area (Å²) in [5.41, 5.74) is 0. The van der Waals surface area contributed by atoms with Crippen LogP contribution in [-0.4, -0.2) is 26.3 Å². The van der Waals surface area contributed by atoms with E-state index in [0.717, 1.165) is 13.1 Å². The van der Waals surface area contributed by atoms with Crippen molar-refractivity contribution in [2.75, 3.05) is 20.2 Å². The molecule has 0 aliphatic rings. The van der Waals surface area contributed by atoms with Crippen LogP contribution in [0, 0.1) is 0 Å². The molecule has 0 aromatic heterocycles. The normalized spacial score (nSPS) is 13.1. The van der Waals surface area contributed by atoms with Gasteiger partial charge in [-0.2, -0.15) is 0 Å². The molecule has 54 valence electrons. The molecule has 0 aromatic carbocycles. The van der Waals surface area contributed by atoms with Gasteiger partial charge in [0.2, 0.25) is 0 Å². The molecular formula is C7H15NO. The van der Waals surface area contributed by atoms with Gasteiger partial charge in [0, 0.05) is 20.2 Å². The van der Waals surface area contributed by atoms with E-state index >= 15 is 0 Å². The lowest BCUT2D eigenvalue weighted by Gasteiger charge is -2.08. The Bertz CT molecular complexity index is 73.3. The van der Waals surface area contributed by atoms with Crippen molar-refractivity contribution in [1.82, 2.24) is 5.32 Å². The average molecular weight is 129 g/mol. The maximum Gasteiger partial charge on any atom is 0.0667 e. The summed E-state index contributed by atoms with van der Waals surface area (Å²) in [5, 5.41) is 3.14. The fourth-order valence-corrected chi connectivity index (χ4v) is 0.472. The van der Waals surface area contributed by atoms with Gasteiger partial charge in [-0.05, 0) is 6.92 Å². The molecule has 0 saturated heterocycles. The lowest BCUT2D eigenvalue weighted by Crippen LogP contribution is -2.25. The van der Waals surface area contributed by atoms with E-state index in [9.17, 15) is 0 Å². The number of ether oxygens (including phenoxy) is 1. The molecule has 2 heteroatoms. The minimum atomic E-state index is 0.296. The second-order valence-electron chi connectivity index (χ2n) is 1.99. The number of hydrogen-bond acceptors (Lipinski definition) is 2. The third kappa shape index (κ3) is 5.53. The van der Waals surface area contributed by atoms with Gasteiger partial charge in [-0.1, -0.05) is 6.08 Å². The molecule has 1 N–H and O–H groups in total. The predicted molar refractivity (Wildman–Crippen MR) is 39.5 cm³/mol. The van der Waals surface area contributed by atoms with Gasteiger partial charge in [-0.3, -0.25) is 0 Å². The van der Waals surface area contributed by atoms with Gasteiger partial charge in [0.1, 0.15) is 0 Å². The Labute approximate surface area is 56.9 Å². The smallest absolute Gasteiger partial charge is 0.0667 e. The van der Waals surface area contributed by atoms with E-state index in [-0.39, 0.29) is 0 Å². The van der Waals surface area contributed by atoms with E-state index in [1.54, 1.807) is 7.11 Å². The van der Waals surface area contributed by atoms with Crippen LogP contribution >= 0.6 is 0 Å². The largest absolute Gasteiger partial charge is 0.380 e. The topological polar surface area (TPSA) is 21.3 Å². The summed E-state index contributed by atoms with van der Waals surface area (Å²) in [4.78, 5) is 0. The van der Waals surface area contributed by atoms with E-state index in [2.05, 4.69) is 11.9 Å². The summed E-state index contributed by atoms with van der Waals surface area (Å²) in [7, 11) is 1.71. The highest BCUT2D eigenvalue weighted by Gasteiger charge is 1.94. The third-order valence-electron chi connectivity index (χ3n) is 1.12. The molecule has 0 aromatic rings. The number of nitrogens with one attached hydrogen (secondary N) is 1. The molecule has 0 aliphatic heterocycles. The molecule has 2 nitrogen and oxygen atoms in total. The zero-order valence-electron chi connectivity index (χ0n) is 6.18. The van der Waals surface area contributed by atoms with Gasteiger partial charge in [0.25, 0.3) is 0 Å². The number of hydrogen-bond donors (Lipinski definition) is 1. The first kappa shape index (κ1) is 8.66. The molecule has 9 heavy (non-hydrogen) atoms. The molecule has 0 bridgehead atoms. The van der Waals surface area contributed by atoms with Crippen LogP contribution in [0.5, 0.6) is 0 Å². The van der Waals surface area contributed by atoms with Crippen molar-refractivity contribution in [3.05, 3.63) is 12.7 Å². The van der Waals surface area contributed by atoms with Crippen LogP contribution in [0.25, 0.3) is 0 Å². The first-order chi connectivity index (χ1) is 4.31. The third-order valence-corrected chi connectivity index (χ3v) is 1.12. The molecule has 1 unspecified atom stereocenters. The Kier molecular flexibility index (Phi) is 5.57. The van der Waals surface area contributed by atoms with Crippen LogP contribution in [0.4, 0.5) is 0 Å². The van der Waals surface area contributed by atoms with Crippen LogP contribution in [0.1, 0.15) is 6.92 Å². The quantitative estimate of drug-likeness (QED) is 0.438. The van der Waals surface area contributed by atoms with Crippen molar-refractivity contribution in [3.8, 4) is 0 Å². The van der Waals surface area contributed by atoms with Crippen molar-refractivity contribution in [2.24, 2.45) is 0 Å². The molecular weight excluding hydrogens is 114 g/mol. The maximum atomic E-state index is 5.00. The molecule has 0 aliphatic carbocycles. The molecule has 1 atom stereocenters. The SMILES string of the molecule is C=CCNCC(C)OC. The van der Waals surface area contributed by atoms with E-state index in [4.69, 9.17) is 4.74 Å².